The first-order chi connectivity index (χ1) is 10.3. The Labute approximate surface area is 126 Å². The number of aliphatic hydroxyl groups excluding tert-OH is 4. The molecule has 1 aliphatic heterocycles. The minimum Gasteiger partial charge on any atom is -0.394 e. The molecule has 1 heterocycles. The molecule has 0 radical (unpaired) electrons. The van der Waals surface area contributed by atoms with Crippen molar-refractivity contribution in [2.75, 3.05) is 13.2 Å². The molecular formula is C11H21N3O8. The zero-order chi connectivity index (χ0) is 16.9. The van der Waals surface area contributed by atoms with Gasteiger partial charge in [-0.3, -0.25) is 0 Å². The molecule has 22 heavy (non-hydrogen) atoms. The molecule has 1 fully saturated rings. The van der Waals surface area contributed by atoms with Crippen molar-refractivity contribution in [3.8, 4) is 0 Å². The lowest BCUT2D eigenvalue weighted by Gasteiger charge is -2.46. The van der Waals surface area contributed by atoms with Crippen LogP contribution in [0.15, 0.2) is 5.29 Å². The number of nitroso groups, excluding NO2 is 1. The highest BCUT2D eigenvalue weighted by Crippen LogP contribution is 2.27. The first-order valence-electron chi connectivity index (χ1n) is 6.77. The quantitative estimate of drug-likeness (QED) is 0.178. The Kier molecular flexibility index (Phi) is 6.59. The van der Waals surface area contributed by atoms with Gasteiger partial charge in [-0.1, -0.05) is 13.3 Å². The number of carbonyl (C=O) groups is 1. The normalized spacial score (nSPS) is 35.0. The number of unbranched alkanes of at least 4 members (excludes halogenated alkanes) is 1. The highest BCUT2D eigenvalue weighted by molar-refractivity contribution is 5.74. The third-order valence-corrected chi connectivity index (χ3v) is 3.38. The van der Waals surface area contributed by atoms with Gasteiger partial charge in [-0.05, 0) is 6.42 Å². The molecule has 6 N–H and O–H groups in total. The number of amides is 2. The van der Waals surface area contributed by atoms with E-state index in [0.717, 1.165) is 0 Å². The van der Waals surface area contributed by atoms with Crippen LogP contribution in [0, 0.1) is 4.91 Å². The Hall–Kier alpha value is -1.37. The van der Waals surface area contributed by atoms with Gasteiger partial charge in [-0.2, -0.15) is 5.01 Å². The Morgan fingerprint density at radius 2 is 2.05 bits per heavy atom. The van der Waals surface area contributed by atoms with E-state index in [1.165, 1.54) is 0 Å². The summed E-state index contributed by atoms with van der Waals surface area (Å²) >= 11 is 0. The number of urea groups is 1. The number of rotatable bonds is 6. The van der Waals surface area contributed by atoms with E-state index >= 15 is 0 Å². The van der Waals surface area contributed by atoms with Crippen molar-refractivity contribution in [2.45, 2.75) is 50.1 Å². The number of carbonyl (C=O) groups excluding carboxylic acids is 1. The molecule has 1 unspecified atom stereocenters. The first-order valence-corrected chi connectivity index (χ1v) is 6.77. The minimum absolute atomic E-state index is 0.0310. The largest absolute Gasteiger partial charge is 0.394 e. The molecule has 1 rings (SSSR count). The van der Waals surface area contributed by atoms with Crippen molar-refractivity contribution in [1.29, 1.82) is 0 Å². The summed E-state index contributed by atoms with van der Waals surface area (Å²) in [5.74, 6) is 0. The Morgan fingerprint density at radius 1 is 1.41 bits per heavy atom. The third-order valence-electron chi connectivity index (χ3n) is 3.38. The molecule has 2 amide bonds. The number of nitrogens with zero attached hydrogens (tertiary/aromatic N) is 2. The van der Waals surface area contributed by atoms with Gasteiger partial charge < -0.3 is 35.6 Å². The highest BCUT2D eigenvalue weighted by atomic mass is 16.6. The van der Waals surface area contributed by atoms with Crippen LogP contribution < -0.4 is 5.32 Å². The number of hydrogen-bond acceptors (Lipinski definition) is 9. The summed E-state index contributed by atoms with van der Waals surface area (Å²) in [6.45, 7) is 1.07. The van der Waals surface area contributed by atoms with Crippen LogP contribution in [0.25, 0.3) is 0 Å². The summed E-state index contributed by atoms with van der Waals surface area (Å²) in [4.78, 5) is 22.5. The van der Waals surface area contributed by atoms with Crippen molar-refractivity contribution >= 4 is 6.03 Å². The number of hydrogen-bond donors (Lipinski definition) is 6. The molecule has 11 nitrogen and oxygen atoms in total. The van der Waals surface area contributed by atoms with Gasteiger partial charge in [0.05, 0.1) is 11.9 Å². The molecule has 0 aromatic heterocycles. The van der Waals surface area contributed by atoms with Crippen molar-refractivity contribution in [3.63, 3.8) is 0 Å². The zero-order valence-corrected chi connectivity index (χ0v) is 12.0. The first kappa shape index (κ1) is 18.7. The average Bonchev–Trinajstić information content (AvgIpc) is 2.50. The smallest absolute Gasteiger partial charge is 0.342 e. The molecule has 0 aromatic rings. The van der Waals surface area contributed by atoms with Crippen molar-refractivity contribution in [3.05, 3.63) is 4.91 Å². The fraction of sp³-hybridized carbons (Fsp3) is 0.909. The van der Waals surface area contributed by atoms with Gasteiger partial charge in [0.2, 0.25) is 12.0 Å². The van der Waals surface area contributed by atoms with Crippen LogP contribution in [0.2, 0.25) is 0 Å². The lowest BCUT2D eigenvalue weighted by atomic mass is 9.93. The van der Waals surface area contributed by atoms with Crippen LogP contribution in [0.3, 0.4) is 0 Å². The fourth-order valence-electron chi connectivity index (χ4n) is 1.97. The number of nitrogens with one attached hydrogen (secondary N) is 1. The molecular weight excluding hydrogens is 302 g/mol. The molecule has 1 aliphatic rings. The summed E-state index contributed by atoms with van der Waals surface area (Å²) in [7, 11) is 0. The van der Waals surface area contributed by atoms with Crippen LogP contribution in [0.4, 0.5) is 4.79 Å². The average molecular weight is 323 g/mol. The number of aliphatic hydroxyl groups is 5. The maximum atomic E-state index is 11.9. The Balaban J connectivity index is 2.84. The van der Waals surface area contributed by atoms with Gasteiger partial charge in [-0.15, -0.1) is 4.91 Å². The molecule has 0 saturated carbocycles. The fourth-order valence-corrected chi connectivity index (χ4v) is 1.97. The van der Waals surface area contributed by atoms with Gasteiger partial charge in [0.1, 0.15) is 18.3 Å². The summed E-state index contributed by atoms with van der Waals surface area (Å²) in [5, 5.41) is 53.1. The van der Waals surface area contributed by atoms with Crippen LogP contribution in [-0.4, -0.2) is 80.1 Å². The maximum Gasteiger partial charge on any atom is 0.342 e. The van der Waals surface area contributed by atoms with Gasteiger partial charge in [0, 0.05) is 6.54 Å². The minimum atomic E-state index is -2.77. The molecule has 0 spiro atoms. The molecule has 5 atom stereocenters. The highest BCUT2D eigenvalue weighted by Gasteiger charge is 2.55. The summed E-state index contributed by atoms with van der Waals surface area (Å²) in [6, 6.07) is -1.18. The maximum absolute atomic E-state index is 11.9. The Morgan fingerprint density at radius 3 is 2.55 bits per heavy atom. The topological polar surface area (TPSA) is 172 Å². The molecule has 11 heteroatoms. The SMILES string of the molecule is CCCCN(N=O)C(=O)N[C@]1(O)C(O)O[C@H](CO)[C@@H](O)[C@@H]1O. The van der Waals surface area contributed by atoms with Gasteiger partial charge in [0.15, 0.2) is 0 Å². The van der Waals surface area contributed by atoms with Crippen molar-refractivity contribution in [1.82, 2.24) is 10.3 Å². The summed E-state index contributed by atoms with van der Waals surface area (Å²) in [6.07, 6.45) is -6.17. The van der Waals surface area contributed by atoms with Gasteiger partial charge in [-0.25, -0.2) is 4.79 Å². The monoisotopic (exact) mass is 323 g/mol. The van der Waals surface area contributed by atoms with Crippen LogP contribution >= 0.6 is 0 Å². The molecule has 0 aromatic carbocycles. The van der Waals surface area contributed by atoms with Gasteiger partial charge >= 0.3 is 6.03 Å². The van der Waals surface area contributed by atoms with E-state index in [1.807, 2.05) is 12.2 Å². The lowest BCUT2D eigenvalue weighted by molar-refractivity contribution is -0.335. The standard InChI is InChI=1S/C11H21N3O8/c1-2-3-4-14(13-21)10(19)12-11(20)8(17)7(16)6(5-15)22-9(11)18/h6-9,15-18,20H,2-5H2,1H3,(H,12,19)/t6-,7-,8+,9?,11-/m1/s1. The Bertz CT molecular complexity index is 398. The second-order valence-electron chi connectivity index (χ2n) is 4.96. The predicted molar refractivity (Wildman–Crippen MR) is 70.9 cm³/mol. The van der Waals surface area contributed by atoms with E-state index in [-0.39, 0.29) is 6.54 Å². The zero-order valence-electron chi connectivity index (χ0n) is 12.0. The second-order valence-corrected chi connectivity index (χ2v) is 4.96. The van der Waals surface area contributed by atoms with Crippen LogP contribution in [0.5, 0.6) is 0 Å². The summed E-state index contributed by atoms with van der Waals surface area (Å²) < 4.78 is 4.73. The van der Waals surface area contributed by atoms with E-state index in [2.05, 4.69) is 5.29 Å². The second kappa shape index (κ2) is 7.76. The van der Waals surface area contributed by atoms with Crippen molar-refractivity contribution in [2.24, 2.45) is 5.29 Å². The van der Waals surface area contributed by atoms with Crippen LogP contribution in [0.1, 0.15) is 19.8 Å². The van der Waals surface area contributed by atoms with E-state index < -0.39 is 43.0 Å². The summed E-state index contributed by atoms with van der Waals surface area (Å²) in [5.41, 5.74) is -2.77. The van der Waals surface area contributed by atoms with Crippen LogP contribution in [-0.2, 0) is 4.74 Å². The molecule has 0 bridgehead atoms. The molecule has 128 valence electrons. The van der Waals surface area contributed by atoms with Gasteiger partial charge in [0.25, 0.3) is 0 Å². The van der Waals surface area contributed by atoms with E-state index in [1.54, 1.807) is 0 Å². The predicted octanol–water partition coefficient (Wildman–Crippen LogP) is -2.40. The van der Waals surface area contributed by atoms with E-state index in [0.29, 0.717) is 17.9 Å². The molecule has 0 aliphatic carbocycles. The van der Waals surface area contributed by atoms with E-state index in [9.17, 15) is 30.1 Å². The third kappa shape index (κ3) is 3.69. The van der Waals surface area contributed by atoms with E-state index in [4.69, 9.17) is 9.84 Å². The molecule has 1 saturated heterocycles. The lowest BCUT2D eigenvalue weighted by Crippen LogP contribution is -2.74. The number of ether oxygens (including phenoxy) is 1. The van der Waals surface area contributed by atoms with Crippen molar-refractivity contribution < 1.29 is 35.1 Å².